The molecule has 1 aromatic rings. The van der Waals surface area contributed by atoms with Gasteiger partial charge in [-0.05, 0) is 12.5 Å². The van der Waals surface area contributed by atoms with Crippen molar-refractivity contribution >= 4 is 12.0 Å². The Bertz CT molecular complexity index is 523. The van der Waals surface area contributed by atoms with Crippen LogP contribution in [0.15, 0.2) is 30.3 Å². The number of halogens is 1. The Morgan fingerprint density at radius 2 is 2.10 bits per heavy atom. The van der Waals surface area contributed by atoms with Gasteiger partial charge in [-0.2, -0.15) is 0 Å². The normalized spacial score (nSPS) is 24.9. The van der Waals surface area contributed by atoms with E-state index in [0.717, 1.165) is 10.5 Å². The number of likely N-dealkylation sites (tertiary alicyclic amines) is 1. The van der Waals surface area contributed by atoms with Gasteiger partial charge in [-0.1, -0.05) is 30.3 Å². The van der Waals surface area contributed by atoms with Crippen molar-refractivity contribution in [3.8, 4) is 0 Å². The third kappa shape index (κ3) is 2.99. The van der Waals surface area contributed by atoms with Crippen molar-refractivity contribution in [1.29, 1.82) is 0 Å². The van der Waals surface area contributed by atoms with Gasteiger partial charge in [0.05, 0.1) is 6.54 Å². The average Bonchev–Trinajstić information content (AvgIpc) is 2.78. The highest BCUT2D eigenvalue weighted by Gasteiger charge is 2.53. The van der Waals surface area contributed by atoms with Gasteiger partial charge in [-0.3, -0.25) is 9.69 Å². The first-order valence-electron chi connectivity index (χ1n) is 6.96. The molecule has 2 atom stereocenters. The zero-order chi connectivity index (χ0) is 15.5. The lowest BCUT2D eigenvalue weighted by Gasteiger charge is -2.35. The highest BCUT2D eigenvalue weighted by Crippen LogP contribution is 2.35. The third-order valence-corrected chi connectivity index (χ3v) is 3.79. The molecule has 1 aliphatic heterocycles. The fourth-order valence-electron chi connectivity index (χ4n) is 2.90. The maximum absolute atomic E-state index is 13.8. The van der Waals surface area contributed by atoms with E-state index >= 15 is 0 Å². The van der Waals surface area contributed by atoms with Gasteiger partial charge < -0.3 is 10.4 Å². The molecule has 6 heteroatoms. The minimum atomic E-state index is -1.37. The molecule has 0 bridgehead atoms. The quantitative estimate of drug-likeness (QED) is 0.890. The Morgan fingerprint density at radius 3 is 2.67 bits per heavy atom. The minimum absolute atomic E-state index is 0.111. The number of carbonyl (C=O) groups is 2. The maximum Gasteiger partial charge on any atom is 0.408 e. The molecule has 2 amide bonds. The van der Waals surface area contributed by atoms with E-state index in [1.165, 1.54) is 0 Å². The lowest BCUT2D eigenvalue weighted by Crippen LogP contribution is -2.58. The van der Waals surface area contributed by atoms with Crippen molar-refractivity contribution in [2.75, 3.05) is 13.1 Å². The Balaban J connectivity index is 2.38. The summed E-state index contributed by atoms with van der Waals surface area (Å²) in [5.41, 5.74) is -0.563. The van der Waals surface area contributed by atoms with E-state index in [4.69, 9.17) is 0 Å². The van der Waals surface area contributed by atoms with Gasteiger partial charge in [0, 0.05) is 19.4 Å². The molecule has 2 N–H and O–H groups in total. The average molecular weight is 294 g/mol. The Labute approximate surface area is 122 Å². The Hall–Kier alpha value is -2.11. The molecule has 1 aliphatic rings. The van der Waals surface area contributed by atoms with E-state index in [-0.39, 0.29) is 19.4 Å². The second-order valence-electron chi connectivity index (χ2n) is 5.25. The molecule has 114 valence electrons. The van der Waals surface area contributed by atoms with Crippen LogP contribution in [-0.2, 0) is 11.2 Å². The first-order valence-corrected chi connectivity index (χ1v) is 6.96. The smallest absolute Gasteiger partial charge is 0.408 e. The Morgan fingerprint density at radius 1 is 1.43 bits per heavy atom. The van der Waals surface area contributed by atoms with Crippen LogP contribution in [0.4, 0.5) is 9.18 Å². The van der Waals surface area contributed by atoms with Crippen LogP contribution < -0.4 is 5.32 Å². The molecule has 0 aliphatic carbocycles. The third-order valence-electron chi connectivity index (χ3n) is 3.79. The first kappa shape index (κ1) is 15.3. The van der Waals surface area contributed by atoms with E-state index in [1.54, 1.807) is 6.92 Å². The number of nitrogens with zero attached hydrogens (tertiary/aromatic N) is 1. The summed E-state index contributed by atoms with van der Waals surface area (Å²) in [4.78, 5) is 24.8. The minimum Gasteiger partial charge on any atom is -0.465 e. The fourth-order valence-corrected chi connectivity index (χ4v) is 2.90. The number of alkyl halides is 1. The highest BCUT2D eigenvalue weighted by molar-refractivity contribution is 5.90. The summed E-state index contributed by atoms with van der Waals surface area (Å²) in [5.74, 6) is -0.434. The molecule has 0 spiro atoms. The van der Waals surface area contributed by atoms with Crippen molar-refractivity contribution in [2.24, 2.45) is 0 Å². The largest absolute Gasteiger partial charge is 0.465 e. The zero-order valence-corrected chi connectivity index (χ0v) is 11.9. The number of benzene rings is 1. The molecular weight excluding hydrogens is 275 g/mol. The summed E-state index contributed by atoms with van der Waals surface area (Å²) in [7, 11) is 0. The number of carbonyl (C=O) groups excluding carboxylic acids is 1. The van der Waals surface area contributed by atoms with E-state index in [9.17, 15) is 19.1 Å². The van der Waals surface area contributed by atoms with E-state index in [0.29, 0.717) is 6.54 Å². The number of rotatable bonds is 4. The molecule has 1 fully saturated rings. The van der Waals surface area contributed by atoms with Gasteiger partial charge in [0.25, 0.3) is 0 Å². The summed E-state index contributed by atoms with van der Waals surface area (Å²) in [5, 5.41) is 12.0. The van der Waals surface area contributed by atoms with Crippen LogP contribution >= 0.6 is 0 Å². The Kier molecular flexibility index (Phi) is 4.45. The molecule has 1 aromatic carbocycles. The van der Waals surface area contributed by atoms with Crippen LogP contribution in [0.2, 0.25) is 0 Å². The van der Waals surface area contributed by atoms with Crippen LogP contribution in [0.25, 0.3) is 0 Å². The van der Waals surface area contributed by atoms with E-state index in [1.807, 2.05) is 30.3 Å². The van der Waals surface area contributed by atoms with Crippen molar-refractivity contribution in [3.05, 3.63) is 35.9 Å². The number of hydrogen-bond acceptors (Lipinski definition) is 2. The van der Waals surface area contributed by atoms with E-state index in [2.05, 4.69) is 5.32 Å². The SMILES string of the molecule is CCNC(=O)[C@]1(Cc2ccccc2)CC(F)CN1C(=O)O. The van der Waals surface area contributed by atoms with Gasteiger partial charge in [0.15, 0.2) is 0 Å². The maximum atomic E-state index is 13.8. The van der Waals surface area contributed by atoms with Crippen molar-refractivity contribution in [2.45, 2.75) is 31.5 Å². The van der Waals surface area contributed by atoms with E-state index < -0.39 is 23.7 Å². The van der Waals surface area contributed by atoms with Crippen molar-refractivity contribution in [3.63, 3.8) is 0 Å². The molecule has 2 rings (SSSR count). The lowest BCUT2D eigenvalue weighted by atomic mass is 9.87. The second-order valence-corrected chi connectivity index (χ2v) is 5.25. The van der Waals surface area contributed by atoms with Crippen LogP contribution in [0.5, 0.6) is 0 Å². The number of likely N-dealkylation sites (N-methyl/N-ethyl adjacent to an activating group) is 1. The van der Waals surface area contributed by atoms with Gasteiger partial charge in [-0.25, -0.2) is 9.18 Å². The number of amides is 2. The molecule has 0 radical (unpaired) electrons. The van der Waals surface area contributed by atoms with Gasteiger partial charge in [-0.15, -0.1) is 0 Å². The molecule has 1 heterocycles. The molecule has 1 saturated heterocycles. The van der Waals surface area contributed by atoms with Crippen LogP contribution in [0.3, 0.4) is 0 Å². The van der Waals surface area contributed by atoms with Gasteiger partial charge >= 0.3 is 6.09 Å². The summed E-state index contributed by atoms with van der Waals surface area (Å²) in [6, 6.07) is 9.09. The molecule has 21 heavy (non-hydrogen) atoms. The molecule has 1 unspecified atom stereocenters. The predicted octanol–water partition coefficient (Wildman–Crippen LogP) is 1.83. The second kappa shape index (κ2) is 6.11. The molecule has 0 saturated carbocycles. The van der Waals surface area contributed by atoms with Crippen molar-refractivity contribution < 1.29 is 19.1 Å². The molecule has 0 aromatic heterocycles. The summed E-state index contributed by atoms with van der Waals surface area (Å²) >= 11 is 0. The van der Waals surface area contributed by atoms with Gasteiger partial charge in [0.2, 0.25) is 5.91 Å². The molecule has 5 nitrogen and oxygen atoms in total. The van der Waals surface area contributed by atoms with Gasteiger partial charge in [0.1, 0.15) is 11.7 Å². The predicted molar refractivity (Wildman–Crippen MR) is 75.8 cm³/mol. The summed E-state index contributed by atoms with van der Waals surface area (Å²) < 4.78 is 13.8. The van der Waals surface area contributed by atoms with Crippen LogP contribution in [-0.4, -0.2) is 46.8 Å². The fraction of sp³-hybridized carbons (Fsp3) is 0.467. The van der Waals surface area contributed by atoms with Crippen molar-refractivity contribution in [1.82, 2.24) is 10.2 Å². The summed E-state index contributed by atoms with van der Waals surface area (Å²) in [6.45, 7) is 1.86. The molecular formula is C15H19FN2O3. The highest BCUT2D eigenvalue weighted by atomic mass is 19.1. The number of hydrogen-bond donors (Lipinski definition) is 2. The monoisotopic (exact) mass is 294 g/mol. The number of carboxylic acid groups (broad SMARTS) is 1. The standard InChI is InChI=1S/C15H19FN2O3/c1-2-17-13(19)15(8-11-6-4-3-5-7-11)9-12(16)10-18(15)14(20)21/h3-7,12H,2,8-10H2,1H3,(H,17,19)(H,20,21)/t12?,15-/m0/s1. The zero-order valence-electron chi connectivity index (χ0n) is 11.9. The summed E-state index contributed by atoms with van der Waals surface area (Å²) in [6.07, 6.45) is -2.53. The van der Waals surface area contributed by atoms with Crippen LogP contribution in [0, 0.1) is 0 Å². The van der Waals surface area contributed by atoms with Crippen LogP contribution in [0.1, 0.15) is 18.9 Å². The lowest BCUT2D eigenvalue weighted by molar-refractivity contribution is -0.131. The first-order chi connectivity index (χ1) is 9.99. The topological polar surface area (TPSA) is 69.6 Å². The number of nitrogens with one attached hydrogen (secondary N) is 1.